The molecule has 1 amide bonds. The fourth-order valence-corrected chi connectivity index (χ4v) is 2.03. The molecular weight excluding hydrogens is 204 g/mol. The van der Waals surface area contributed by atoms with E-state index in [0.29, 0.717) is 6.54 Å². The Morgan fingerprint density at radius 3 is 3.12 bits per heavy atom. The van der Waals surface area contributed by atoms with Crippen LogP contribution in [0.25, 0.3) is 0 Å². The quantitative estimate of drug-likeness (QED) is 0.767. The second kappa shape index (κ2) is 4.25. The first-order chi connectivity index (χ1) is 7.60. The van der Waals surface area contributed by atoms with Crippen LogP contribution in [0.5, 0.6) is 0 Å². The topological polar surface area (TPSA) is 59.0 Å². The summed E-state index contributed by atoms with van der Waals surface area (Å²) < 4.78 is 1.73. The second-order valence-corrected chi connectivity index (χ2v) is 4.57. The average molecular weight is 222 g/mol. The van der Waals surface area contributed by atoms with Gasteiger partial charge in [-0.1, -0.05) is 0 Å². The Hall–Kier alpha value is -1.36. The third-order valence-electron chi connectivity index (χ3n) is 3.08. The summed E-state index contributed by atoms with van der Waals surface area (Å²) in [6.07, 6.45) is 5.65. The number of rotatable bonds is 3. The van der Waals surface area contributed by atoms with E-state index in [2.05, 4.69) is 15.7 Å². The first-order valence-electron chi connectivity index (χ1n) is 5.61. The molecule has 0 radical (unpaired) electrons. The smallest absolute Gasteiger partial charge is 0.240 e. The molecule has 0 aliphatic carbocycles. The number of hydrogen-bond donors (Lipinski definition) is 2. The Morgan fingerprint density at radius 1 is 1.75 bits per heavy atom. The molecule has 0 aromatic carbocycles. The largest absolute Gasteiger partial charge is 0.350 e. The van der Waals surface area contributed by atoms with Crippen LogP contribution in [0.2, 0.25) is 0 Å². The number of aryl methyl sites for hydroxylation is 1. The summed E-state index contributed by atoms with van der Waals surface area (Å²) in [6, 6.07) is 0. The summed E-state index contributed by atoms with van der Waals surface area (Å²) in [7, 11) is 1.87. The van der Waals surface area contributed by atoms with Crippen molar-refractivity contribution in [3.05, 3.63) is 18.0 Å². The second-order valence-electron chi connectivity index (χ2n) is 4.57. The van der Waals surface area contributed by atoms with E-state index >= 15 is 0 Å². The molecule has 1 aliphatic heterocycles. The van der Waals surface area contributed by atoms with Crippen LogP contribution >= 0.6 is 0 Å². The van der Waals surface area contributed by atoms with E-state index < -0.39 is 0 Å². The van der Waals surface area contributed by atoms with Crippen LogP contribution in [-0.4, -0.2) is 27.8 Å². The summed E-state index contributed by atoms with van der Waals surface area (Å²) in [5.41, 5.74) is 0.639. The number of carbonyl (C=O) groups is 1. The summed E-state index contributed by atoms with van der Waals surface area (Å²) in [5.74, 6) is 0.0776. The molecule has 1 unspecified atom stereocenters. The van der Waals surface area contributed by atoms with Crippen molar-refractivity contribution in [2.45, 2.75) is 31.8 Å². The van der Waals surface area contributed by atoms with Gasteiger partial charge in [0.25, 0.3) is 0 Å². The highest BCUT2D eigenvalue weighted by Gasteiger charge is 2.35. The van der Waals surface area contributed by atoms with E-state index in [1.54, 1.807) is 10.9 Å². The molecule has 1 saturated heterocycles. The molecule has 1 aromatic heterocycles. The highest BCUT2D eigenvalue weighted by Crippen LogP contribution is 2.18. The molecule has 2 N–H and O–H groups in total. The lowest BCUT2D eigenvalue weighted by Crippen LogP contribution is -2.50. The molecule has 0 saturated carbocycles. The van der Waals surface area contributed by atoms with Gasteiger partial charge >= 0.3 is 0 Å². The number of carbonyl (C=O) groups excluding carboxylic acids is 1. The van der Waals surface area contributed by atoms with Crippen molar-refractivity contribution in [1.29, 1.82) is 0 Å². The minimum Gasteiger partial charge on any atom is -0.350 e. The molecular formula is C11H18N4O. The van der Waals surface area contributed by atoms with E-state index in [4.69, 9.17) is 0 Å². The van der Waals surface area contributed by atoms with Gasteiger partial charge in [-0.25, -0.2) is 0 Å². The maximum absolute atomic E-state index is 11.9. The Balaban J connectivity index is 1.88. The van der Waals surface area contributed by atoms with Crippen molar-refractivity contribution in [3.8, 4) is 0 Å². The van der Waals surface area contributed by atoms with Crippen LogP contribution in [0, 0.1) is 0 Å². The van der Waals surface area contributed by atoms with Gasteiger partial charge in [-0.3, -0.25) is 9.48 Å². The minimum atomic E-state index is -0.387. The standard InChI is InChI=1S/C11H18N4O/c1-11(4-3-5-13-11)10(16)12-6-9-7-14-15(2)8-9/h7-8,13H,3-6H2,1-2H3,(H,12,16). The SMILES string of the molecule is Cn1cc(CNC(=O)C2(C)CCCN2)cn1. The molecule has 16 heavy (non-hydrogen) atoms. The first-order valence-corrected chi connectivity index (χ1v) is 5.61. The fourth-order valence-electron chi connectivity index (χ4n) is 2.03. The number of nitrogens with one attached hydrogen (secondary N) is 2. The Bertz CT molecular complexity index is 379. The number of nitrogens with zero attached hydrogens (tertiary/aromatic N) is 2. The predicted octanol–water partition coefficient (Wildman–Crippen LogP) is 0.178. The van der Waals surface area contributed by atoms with Gasteiger partial charge in [0, 0.05) is 25.4 Å². The summed E-state index contributed by atoms with van der Waals surface area (Å²) in [6.45, 7) is 3.43. The van der Waals surface area contributed by atoms with Crippen molar-refractivity contribution < 1.29 is 4.79 Å². The minimum absolute atomic E-state index is 0.0776. The van der Waals surface area contributed by atoms with Gasteiger partial charge in [-0.2, -0.15) is 5.10 Å². The molecule has 1 fully saturated rings. The highest BCUT2D eigenvalue weighted by molar-refractivity contribution is 5.86. The lowest BCUT2D eigenvalue weighted by molar-refractivity contribution is -0.126. The summed E-state index contributed by atoms with van der Waals surface area (Å²) >= 11 is 0. The zero-order valence-electron chi connectivity index (χ0n) is 9.79. The molecule has 5 heteroatoms. The van der Waals surface area contributed by atoms with Crippen molar-refractivity contribution in [2.24, 2.45) is 7.05 Å². The van der Waals surface area contributed by atoms with E-state index in [0.717, 1.165) is 24.9 Å². The molecule has 1 aliphatic rings. The van der Waals surface area contributed by atoms with Crippen LogP contribution in [0.1, 0.15) is 25.3 Å². The maximum Gasteiger partial charge on any atom is 0.240 e. The van der Waals surface area contributed by atoms with Gasteiger partial charge in [0.05, 0.1) is 11.7 Å². The average Bonchev–Trinajstić information content (AvgIpc) is 2.85. The monoisotopic (exact) mass is 222 g/mol. The van der Waals surface area contributed by atoms with Gasteiger partial charge in [-0.05, 0) is 26.3 Å². The van der Waals surface area contributed by atoms with E-state index in [-0.39, 0.29) is 11.4 Å². The molecule has 5 nitrogen and oxygen atoms in total. The molecule has 1 atom stereocenters. The van der Waals surface area contributed by atoms with Crippen LogP contribution in [0.4, 0.5) is 0 Å². The van der Waals surface area contributed by atoms with Gasteiger partial charge in [0.15, 0.2) is 0 Å². The highest BCUT2D eigenvalue weighted by atomic mass is 16.2. The molecule has 0 spiro atoms. The summed E-state index contributed by atoms with van der Waals surface area (Å²) in [5, 5.41) is 10.2. The van der Waals surface area contributed by atoms with Crippen molar-refractivity contribution >= 4 is 5.91 Å². The normalized spacial score (nSPS) is 24.6. The van der Waals surface area contributed by atoms with Crippen LogP contribution in [0.3, 0.4) is 0 Å². The Kier molecular flexibility index (Phi) is 2.96. The van der Waals surface area contributed by atoms with Crippen molar-refractivity contribution in [3.63, 3.8) is 0 Å². The van der Waals surface area contributed by atoms with E-state index in [9.17, 15) is 4.79 Å². The molecule has 1 aromatic rings. The first kappa shape index (κ1) is 11.1. The third kappa shape index (κ3) is 2.24. The lowest BCUT2D eigenvalue weighted by Gasteiger charge is -2.22. The van der Waals surface area contributed by atoms with Gasteiger partial charge in [0.1, 0.15) is 0 Å². The number of amides is 1. The van der Waals surface area contributed by atoms with Gasteiger partial charge in [-0.15, -0.1) is 0 Å². The zero-order valence-corrected chi connectivity index (χ0v) is 9.79. The van der Waals surface area contributed by atoms with Crippen molar-refractivity contribution in [2.75, 3.05) is 6.54 Å². The van der Waals surface area contributed by atoms with Gasteiger partial charge < -0.3 is 10.6 Å². The van der Waals surface area contributed by atoms with Crippen LogP contribution < -0.4 is 10.6 Å². The number of hydrogen-bond acceptors (Lipinski definition) is 3. The molecule has 2 heterocycles. The summed E-state index contributed by atoms with van der Waals surface area (Å²) in [4.78, 5) is 11.9. The van der Waals surface area contributed by atoms with Crippen molar-refractivity contribution in [1.82, 2.24) is 20.4 Å². The third-order valence-corrected chi connectivity index (χ3v) is 3.08. The van der Waals surface area contributed by atoms with Crippen LogP contribution in [0.15, 0.2) is 12.4 Å². The predicted molar refractivity (Wildman–Crippen MR) is 60.7 cm³/mol. The van der Waals surface area contributed by atoms with Gasteiger partial charge in [0.2, 0.25) is 5.91 Å². The molecule has 2 rings (SSSR count). The zero-order chi connectivity index (χ0) is 11.6. The fraction of sp³-hybridized carbons (Fsp3) is 0.636. The lowest BCUT2D eigenvalue weighted by atomic mass is 9.99. The van der Waals surface area contributed by atoms with E-state index in [1.807, 2.05) is 20.2 Å². The Morgan fingerprint density at radius 2 is 2.56 bits per heavy atom. The number of aromatic nitrogens is 2. The maximum atomic E-state index is 11.9. The van der Waals surface area contributed by atoms with E-state index in [1.165, 1.54) is 0 Å². The Labute approximate surface area is 95.2 Å². The molecule has 0 bridgehead atoms. The van der Waals surface area contributed by atoms with Crippen LogP contribution in [-0.2, 0) is 18.4 Å². The molecule has 88 valence electrons.